The Hall–Kier alpha value is -3.05. The van der Waals surface area contributed by atoms with Crippen LogP contribution in [-0.4, -0.2) is 25.1 Å². The van der Waals surface area contributed by atoms with E-state index in [1.807, 2.05) is 19.9 Å². The Labute approximate surface area is 168 Å². The average Bonchev–Trinajstić information content (AvgIpc) is 3.02. The number of esters is 1. The van der Waals surface area contributed by atoms with Crippen molar-refractivity contribution in [3.63, 3.8) is 0 Å². The molecule has 3 rings (SSSR count). The molecule has 2 aromatic rings. The lowest BCUT2D eigenvalue weighted by atomic mass is 10.1. The standard InChI is InChI=1S/C22H20ClNO4/c1-4-26-20-12-15(9-10-19(20)27-13-14(2)3)11-18-22(25)28-21(24-18)16-7-5-6-8-17(16)23/h5-12H,2,4,13H2,1,3H3/b18-11-. The van der Waals surface area contributed by atoms with Crippen molar-refractivity contribution in [3.05, 3.63) is 76.5 Å². The minimum Gasteiger partial charge on any atom is -0.490 e. The van der Waals surface area contributed by atoms with Crippen molar-refractivity contribution in [1.29, 1.82) is 0 Å². The molecule has 0 amide bonds. The molecule has 0 N–H and O–H groups in total. The molecule has 5 nitrogen and oxygen atoms in total. The summed E-state index contributed by atoms with van der Waals surface area (Å²) in [5.41, 5.74) is 2.40. The maximum Gasteiger partial charge on any atom is 0.363 e. The van der Waals surface area contributed by atoms with Crippen LogP contribution in [-0.2, 0) is 9.53 Å². The van der Waals surface area contributed by atoms with Gasteiger partial charge >= 0.3 is 5.97 Å². The first-order valence-corrected chi connectivity index (χ1v) is 9.17. The van der Waals surface area contributed by atoms with Crippen LogP contribution in [0.5, 0.6) is 11.5 Å². The van der Waals surface area contributed by atoms with Crippen LogP contribution < -0.4 is 9.47 Å². The molecular formula is C22H20ClNO4. The summed E-state index contributed by atoms with van der Waals surface area (Å²) in [5.74, 6) is 0.852. The van der Waals surface area contributed by atoms with Crippen LogP contribution in [0.2, 0.25) is 5.02 Å². The molecule has 0 fully saturated rings. The normalized spacial score (nSPS) is 14.6. The van der Waals surface area contributed by atoms with Gasteiger partial charge in [0.25, 0.3) is 0 Å². The van der Waals surface area contributed by atoms with Crippen LogP contribution >= 0.6 is 11.6 Å². The van der Waals surface area contributed by atoms with Crippen LogP contribution in [0.1, 0.15) is 25.0 Å². The molecule has 1 aliphatic rings. The smallest absolute Gasteiger partial charge is 0.363 e. The lowest BCUT2D eigenvalue weighted by molar-refractivity contribution is -0.129. The van der Waals surface area contributed by atoms with E-state index in [1.165, 1.54) is 0 Å². The van der Waals surface area contributed by atoms with E-state index in [2.05, 4.69) is 11.6 Å². The summed E-state index contributed by atoms with van der Waals surface area (Å²) in [6, 6.07) is 12.5. The van der Waals surface area contributed by atoms with Crippen LogP contribution in [0.4, 0.5) is 0 Å². The quantitative estimate of drug-likeness (QED) is 0.373. The van der Waals surface area contributed by atoms with Crippen LogP contribution in [0.3, 0.4) is 0 Å². The second kappa shape index (κ2) is 8.76. The Morgan fingerprint density at radius 3 is 2.71 bits per heavy atom. The van der Waals surface area contributed by atoms with Gasteiger partial charge in [0.1, 0.15) is 6.61 Å². The molecule has 2 aromatic carbocycles. The third-order valence-corrected chi connectivity index (χ3v) is 4.10. The fraction of sp³-hybridized carbons (Fsp3) is 0.182. The largest absolute Gasteiger partial charge is 0.490 e. The van der Waals surface area contributed by atoms with Gasteiger partial charge in [-0.15, -0.1) is 0 Å². The Kier molecular flexibility index (Phi) is 6.16. The van der Waals surface area contributed by atoms with Crippen molar-refractivity contribution in [2.24, 2.45) is 4.99 Å². The van der Waals surface area contributed by atoms with E-state index in [4.69, 9.17) is 25.8 Å². The van der Waals surface area contributed by atoms with Gasteiger partial charge in [-0.25, -0.2) is 9.79 Å². The number of ether oxygens (including phenoxy) is 3. The van der Waals surface area contributed by atoms with E-state index in [9.17, 15) is 4.79 Å². The van der Waals surface area contributed by atoms with Gasteiger partial charge in [-0.2, -0.15) is 0 Å². The van der Waals surface area contributed by atoms with Gasteiger partial charge in [0.2, 0.25) is 5.90 Å². The zero-order valence-corrected chi connectivity index (χ0v) is 16.5. The molecule has 1 aliphatic heterocycles. The first-order valence-electron chi connectivity index (χ1n) is 8.79. The predicted octanol–water partition coefficient (Wildman–Crippen LogP) is 5.04. The maximum absolute atomic E-state index is 12.2. The molecule has 28 heavy (non-hydrogen) atoms. The summed E-state index contributed by atoms with van der Waals surface area (Å²) < 4.78 is 16.6. The average molecular weight is 398 g/mol. The zero-order valence-electron chi connectivity index (χ0n) is 15.7. The fourth-order valence-electron chi connectivity index (χ4n) is 2.52. The first-order chi connectivity index (χ1) is 13.5. The Balaban J connectivity index is 1.89. The van der Waals surface area contributed by atoms with Crippen LogP contribution in [0.25, 0.3) is 6.08 Å². The van der Waals surface area contributed by atoms with Crippen molar-refractivity contribution >= 4 is 29.5 Å². The van der Waals surface area contributed by atoms with E-state index in [0.29, 0.717) is 35.3 Å². The highest BCUT2D eigenvalue weighted by molar-refractivity contribution is 6.34. The number of cyclic esters (lactones) is 1. The van der Waals surface area contributed by atoms with E-state index < -0.39 is 5.97 Å². The van der Waals surface area contributed by atoms with Crippen molar-refractivity contribution in [3.8, 4) is 11.5 Å². The Morgan fingerprint density at radius 2 is 2.00 bits per heavy atom. The molecule has 0 radical (unpaired) electrons. The molecule has 1 heterocycles. The summed E-state index contributed by atoms with van der Waals surface area (Å²) in [6.45, 7) is 8.49. The number of carbonyl (C=O) groups excluding carboxylic acids is 1. The topological polar surface area (TPSA) is 57.1 Å². The van der Waals surface area contributed by atoms with Crippen LogP contribution in [0, 0.1) is 0 Å². The molecule has 0 aliphatic carbocycles. The molecule has 0 saturated heterocycles. The highest BCUT2D eigenvalue weighted by Crippen LogP contribution is 2.31. The zero-order chi connectivity index (χ0) is 20.1. The minimum absolute atomic E-state index is 0.188. The van der Waals surface area contributed by atoms with Gasteiger partial charge < -0.3 is 14.2 Å². The molecular weight excluding hydrogens is 378 g/mol. The molecule has 144 valence electrons. The Morgan fingerprint density at radius 1 is 1.21 bits per heavy atom. The van der Waals surface area contributed by atoms with Gasteiger partial charge in [0.05, 0.1) is 17.2 Å². The second-order valence-corrected chi connectivity index (χ2v) is 6.61. The second-order valence-electron chi connectivity index (χ2n) is 6.20. The van der Waals surface area contributed by atoms with Crippen molar-refractivity contribution in [2.75, 3.05) is 13.2 Å². The SMILES string of the molecule is C=C(C)COc1ccc(/C=C2\N=C(c3ccccc3Cl)OC2=O)cc1OCC. The van der Waals surface area contributed by atoms with Gasteiger partial charge in [0.15, 0.2) is 17.2 Å². The number of carbonyl (C=O) groups is 1. The lowest BCUT2D eigenvalue weighted by Crippen LogP contribution is -2.05. The summed E-state index contributed by atoms with van der Waals surface area (Å²) >= 11 is 6.16. The first kappa shape index (κ1) is 19.7. The minimum atomic E-state index is -0.532. The number of hydrogen-bond acceptors (Lipinski definition) is 5. The summed E-state index contributed by atoms with van der Waals surface area (Å²) in [5, 5.41) is 0.466. The molecule has 0 spiro atoms. The fourth-order valence-corrected chi connectivity index (χ4v) is 2.74. The molecule has 0 atom stereocenters. The van der Waals surface area contributed by atoms with Crippen molar-refractivity contribution < 1.29 is 19.0 Å². The number of halogens is 1. The van der Waals surface area contributed by atoms with E-state index in [0.717, 1.165) is 11.1 Å². The summed E-state index contributed by atoms with van der Waals surface area (Å²) in [7, 11) is 0. The third kappa shape index (κ3) is 4.61. The number of hydrogen-bond donors (Lipinski definition) is 0. The maximum atomic E-state index is 12.2. The predicted molar refractivity (Wildman–Crippen MR) is 110 cm³/mol. The molecule has 0 aromatic heterocycles. The third-order valence-electron chi connectivity index (χ3n) is 3.77. The summed E-state index contributed by atoms with van der Waals surface area (Å²) in [6.07, 6.45) is 1.64. The van der Waals surface area contributed by atoms with E-state index >= 15 is 0 Å². The molecule has 0 saturated carbocycles. The monoisotopic (exact) mass is 397 g/mol. The highest BCUT2D eigenvalue weighted by atomic mass is 35.5. The van der Waals surface area contributed by atoms with Crippen molar-refractivity contribution in [2.45, 2.75) is 13.8 Å². The lowest BCUT2D eigenvalue weighted by Gasteiger charge is -2.12. The van der Waals surface area contributed by atoms with Gasteiger partial charge in [-0.3, -0.25) is 0 Å². The number of rotatable bonds is 7. The van der Waals surface area contributed by atoms with Gasteiger partial charge in [-0.1, -0.05) is 36.4 Å². The van der Waals surface area contributed by atoms with E-state index in [-0.39, 0.29) is 11.6 Å². The van der Waals surface area contributed by atoms with E-state index in [1.54, 1.807) is 42.5 Å². The van der Waals surface area contributed by atoms with Gasteiger partial charge in [0, 0.05) is 0 Å². The number of nitrogens with zero attached hydrogens (tertiary/aromatic N) is 1. The Bertz CT molecular complexity index is 978. The van der Waals surface area contributed by atoms with Crippen molar-refractivity contribution in [1.82, 2.24) is 0 Å². The molecule has 0 unspecified atom stereocenters. The highest BCUT2D eigenvalue weighted by Gasteiger charge is 2.25. The van der Waals surface area contributed by atoms with Crippen LogP contribution in [0.15, 0.2) is 65.3 Å². The van der Waals surface area contributed by atoms with Gasteiger partial charge in [-0.05, 0) is 55.3 Å². The number of benzene rings is 2. The summed E-state index contributed by atoms with van der Waals surface area (Å²) in [4.78, 5) is 16.5. The number of aliphatic imine (C=N–C) groups is 1. The molecule has 6 heteroatoms. The molecule has 0 bridgehead atoms.